The number of benzene rings is 1. The fourth-order valence-electron chi connectivity index (χ4n) is 2.01. The molecule has 2 atom stereocenters. The van der Waals surface area contributed by atoms with E-state index >= 15 is 0 Å². The molecule has 1 aromatic heterocycles. The van der Waals surface area contributed by atoms with Crippen LogP contribution in [0.25, 0.3) is 6.08 Å². The summed E-state index contributed by atoms with van der Waals surface area (Å²) in [6.45, 7) is 1.65. The summed E-state index contributed by atoms with van der Waals surface area (Å²) < 4.78 is 12.9. The molecule has 0 aliphatic carbocycles. The fourth-order valence-corrected chi connectivity index (χ4v) is 2.01. The molecule has 0 bridgehead atoms. The Morgan fingerprint density at radius 2 is 2.00 bits per heavy atom. The number of aromatic hydroxyl groups is 1. The molecule has 23 heavy (non-hydrogen) atoms. The second kappa shape index (κ2) is 7.51. The average Bonchev–Trinajstić information content (AvgIpc) is 2.53. The molecule has 0 saturated carbocycles. The molecule has 0 radical (unpaired) electrons. The maximum absolute atomic E-state index is 12.9. The SMILES string of the molecule is CC(NC(=O)/C=C/c1cncc(O)c1)C(O)c1ccc(F)cc1. The van der Waals surface area contributed by atoms with E-state index in [2.05, 4.69) is 10.3 Å². The maximum Gasteiger partial charge on any atom is 0.244 e. The normalized spacial score (nSPS) is 13.7. The first kappa shape index (κ1) is 16.6. The zero-order valence-electron chi connectivity index (χ0n) is 12.5. The lowest BCUT2D eigenvalue weighted by Gasteiger charge is -2.19. The number of aromatic nitrogens is 1. The quantitative estimate of drug-likeness (QED) is 0.738. The van der Waals surface area contributed by atoms with Crippen molar-refractivity contribution in [2.75, 3.05) is 0 Å². The first-order valence-electron chi connectivity index (χ1n) is 7.02. The second-order valence-corrected chi connectivity index (χ2v) is 5.10. The number of nitrogens with zero attached hydrogens (tertiary/aromatic N) is 1. The Morgan fingerprint density at radius 3 is 2.65 bits per heavy atom. The molecular weight excluding hydrogens is 299 g/mol. The van der Waals surface area contributed by atoms with Crippen LogP contribution in [0.2, 0.25) is 0 Å². The van der Waals surface area contributed by atoms with Crippen molar-refractivity contribution in [2.24, 2.45) is 0 Å². The highest BCUT2D eigenvalue weighted by molar-refractivity contribution is 5.91. The Hall–Kier alpha value is -2.73. The van der Waals surface area contributed by atoms with Gasteiger partial charge in [-0.05, 0) is 42.3 Å². The van der Waals surface area contributed by atoms with Crippen LogP contribution in [0.3, 0.4) is 0 Å². The van der Waals surface area contributed by atoms with Gasteiger partial charge < -0.3 is 15.5 Å². The third-order valence-corrected chi connectivity index (χ3v) is 3.23. The molecule has 2 aromatic rings. The molecule has 0 aliphatic rings. The molecule has 1 amide bonds. The number of rotatable bonds is 5. The molecule has 3 N–H and O–H groups in total. The van der Waals surface area contributed by atoms with Gasteiger partial charge in [0.15, 0.2) is 0 Å². The van der Waals surface area contributed by atoms with Crippen LogP contribution >= 0.6 is 0 Å². The highest BCUT2D eigenvalue weighted by Crippen LogP contribution is 2.17. The number of nitrogens with one attached hydrogen (secondary N) is 1. The third-order valence-electron chi connectivity index (χ3n) is 3.23. The van der Waals surface area contributed by atoms with Crippen LogP contribution in [0.4, 0.5) is 4.39 Å². The van der Waals surface area contributed by atoms with Crippen molar-refractivity contribution in [3.8, 4) is 5.75 Å². The zero-order valence-corrected chi connectivity index (χ0v) is 12.5. The van der Waals surface area contributed by atoms with Crippen molar-refractivity contribution in [1.29, 1.82) is 0 Å². The van der Waals surface area contributed by atoms with E-state index in [4.69, 9.17) is 0 Å². The lowest BCUT2D eigenvalue weighted by atomic mass is 10.0. The number of aliphatic hydroxyl groups is 1. The summed E-state index contributed by atoms with van der Waals surface area (Å²) in [6.07, 6.45) is 4.62. The van der Waals surface area contributed by atoms with E-state index in [0.29, 0.717) is 11.1 Å². The molecule has 5 nitrogen and oxygen atoms in total. The van der Waals surface area contributed by atoms with Gasteiger partial charge in [0.25, 0.3) is 0 Å². The minimum absolute atomic E-state index is 0.00709. The minimum Gasteiger partial charge on any atom is -0.506 e. The molecule has 1 heterocycles. The standard InChI is InChI=1S/C17H17FN2O3/c1-11(17(23)13-3-5-14(18)6-4-13)20-16(22)7-2-12-8-15(21)10-19-9-12/h2-11,17,21,23H,1H3,(H,20,22)/b7-2+. The van der Waals surface area contributed by atoms with E-state index in [-0.39, 0.29) is 11.6 Å². The van der Waals surface area contributed by atoms with Crippen LogP contribution < -0.4 is 5.32 Å². The summed E-state index contributed by atoms with van der Waals surface area (Å²) in [5.41, 5.74) is 1.09. The van der Waals surface area contributed by atoms with E-state index < -0.39 is 18.1 Å². The van der Waals surface area contributed by atoms with Gasteiger partial charge in [-0.1, -0.05) is 12.1 Å². The van der Waals surface area contributed by atoms with Crippen LogP contribution in [0.5, 0.6) is 5.75 Å². The van der Waals surface area contributed by atoms with Crippen molar-refractivity contribution in [3.63, 3.8) is 0 Å². The number of hydrogen-bond donors (Lipinski definition) is 3. The first-order chi connectivity index (χ1) is 11.0. The number of hydrogen-bond acceptors (Lipinski definition) is 4. The molecule has 0 saturated heterocycles. The molecule has 0 spiro atoms. The molecule has 6 heteroatoms. The van der Waals surface area contributed by atoms with Crippen molar-refractivity contribution in [3.05, 3.63) is 65.7 Å². The van der Waals surface area contributed by atoms with Crippen molar-refractivity contribution in [2.45, 2.75) is 19.1 Å². The molecule has 2 rings (SSSR count). The van der Waals surface area contributed by atoms with Gasteiger partial charge >= 0.3 is 0 Å². The summed E-state index contributed by atoms with van der Waals surface area (Å²) in [4.78, 5) is 15.6. The van der Waals surface area contributed by atoms with Gasteiger partial charge in [0.2, 0.25) is 5.91 Å². The third kappa shape index (κ3) is 4.89. The summed E-state index contributed by atoms with van der Waals surface area (Å²) in [5, 5.41) is 22.1. The highest BCUT2D eigenvalue weighted by atomic mass is 19.1. The number of carbonyl (C=O) groups excluding carboxylic acids is 1. The largest absolute Gasteiger partial charge is 0.506 e. The van der Waals surface area contributed by atoms with Gasteiger partial charge in [-0.25, -0.2) is 4.39 Å². The Balaban J connectivity index is 1.95. The van der Waals surface area contributed by atoms with Gasteiger partial charge in [-0.15, -0.1) is 0 Å². The fraction of sp³-hybridized carbons (Fsp3) is 0.176. The number of carbonyl (C=O) groups is 1. The lowest BCUT2D eigenvalue weighted by molar-refractivity contribution is -0.117. The van der Waals surface area contributed by atoms with Gasteiger partial charge in [-0.2, -0.15) is 0 Å². The van der Waals surface area contributed by atoms with E-state index in [1.807, 2.05) is 0 Å². The Morgan fingerprint density at radius 1 is 1.30 bits per heavy atom. The number of pyridine rings is 1. The predicted molar refractivity (Wildman–Crippen MR) is 83.9 cm³/mol. The molecule has 2 unspecified atom stereocenters. The molecule has 120 valence electrons. The van der Waals surface area contributed by atoms with Crippen LogP contribution in [0.1, 0.15) is 24.2 Å². The number of amides is 1. The topological polar surface area (TPSA) is 82.5 Å². The van der Waals surface area contributed by atoms with Gasteiger partial charge in [-0.3, -0.25) is 9.78 Å². The monoisotopic (exact) mass is 316 g/mol. The van der Waals surface area contributed by atoms with Crippen LogP contribution in [0.15, 0.2) is 48.8 Å². The summed E-state index contributed by atoms with van der Waals surface area (Å²) in [5.74, 6) is -0.782. The van der Waals surface area contributed by atoms with Crippen LogP contribution in [0, 0.1) is 5.82 Å². The number of halogens is 1. The second-order valence-electron chi connectivity index (χ2n) is 5.10. The van der Waals surface area contributed by atoms with E-state index in [1.54, 1.807) is 6.92 Å². The summed E-state index contributed by atoms with van der Waals surface area (Å²) in [7, 11) is 0. The molecular formula is C17H17FN2O3. The van der Waals surface area contributed by atoms with Gasteiger partial charge in [0, 0.05) is 12.3 Å². The maximum atomic E-state index is 12.9. The first-order valence-corrected chi connectivity index (χ1v) is 7.02. The van der Waals surface area contributed by atoms with Crippen molar-refractivity contribution >= 4 is 12.0 Å². The smallest absolute Gasteiger partial charge is 0.244 e. The Kier molecular flexibility index (Phi) is 5.43. The zero-order chi connectivity index (χ0) is 16.8. The van der Waals surface area contributed by atoms with Gasteiger partial charge in [0.05, 0.1) is 18.3 Å². The molecule has 0 aliphatic heterocycles. The Labute approximate surface area is 133 Å². The van der Waals surface area contributed by atoms with E-state index in [9.17, 15) is 19.4 Å². The average molecular weight is 316 g/mol. The Bertz CT molecular complexity index is 701. The molecule has 1 aromatic carbocycles. The van der Waals surface area contributed by atoms with Gasteiger partial charge in [0.1, 0.15) is 11.6 Å². The van der Waals surface area contributed by atoms with E-state index in [1.165, 1.54) is 54.9 Å². The van der Waals surface area contributed by atoms with E-state index in [0.717, 1.165) is 0 Å². The summed E-state index contributed by atoms with van der Waals surface area (Å²) in [6, 6.07) is 6.35. The minimum atomic E-state index is -0.949. The molecule has 0 fully saturated rings. The van der Waals surface area contributed by atoms with Crippen LogP contribution in [-0.2, 0) is 4.79 Å². The summed E-state index contributed by atoms with van der Waals surface area (Å²) >= 11 is 0. The number of aliphatic hydroxyl groups excluding tert-OH is 1. The van der Waals surface area contributed by atoms with Crippen molar-refractivity contribution in [1.82, 2.24) is 10.3 Å². The van der Waals surface area contributed by atoms with Crippen LogP contribution in [-0.4, -0.2) is 27.1 Å². The lowest BCUT2D eigenvalue weighted by Crippen LogP contribution is -2.36. The van der Waals surface area contributed by atoms with Crippen molar-refractivity contribution < 1.29 is 19.4 Å². The highest BCUT2D eigenvalue weighted by Gasteiger charge is 2.17. The predicted octanol–water partition coefficient (Wildman–Crippen LogP) is 2.18.